The second kappa shape index (κ2) is 6.74. The van der Waals surface area contributed by atoms with E-state index in [0.717, 1.165) is 35.5 Å². The Labute approximate surface area is 119 Å². The maximum atomic E-state index is 12.1. The first kappa shape index (κ1) is 14.8. The van der Waals surface area contributed by atoms with Crippen LogP contribution in [0.15, 0.2) is 24.3 Å². The van der Waals surface area contributed by atoms with E-state index in [4.69, 9.17) is 5.73 Å². The molecular weight excluding hydrogens is 280 g/mol. The Morgan fingerprint density at radius 3 is 2.84 bits per heavy atom. The third kappa shape index (κ3) is 4.80. The maximum Gasteiger partial charge on any atom is 0.216 e. The second-order valence-corrected chi connectivity index (χ2v) is 7.72. The lowest BCUT2D eigenvalue weighted by Crippen LogP contribution is -2.38. The molecule has 1 fully saturated rings. The molecule has 3 N–H and O–H groups in total. The van der Waals surface area contributed by atoms with Crippen LogP contribution in [0.4, 0.5) is 0 Å². The average Bonchev–Trinajstić information content (AvgIpc) is 2.39. The molecule has 0 radical (unpaired) electrons. The van der Waals surface area contributed by atoms with E-state index in [2.05, 4.69) is 4.72 Å². The van der Waals surface area contributed by atoms with Crippen LogP contribution < -0.4 is 10.5 Å². The summed E-state index contributed by atoms with van der Waals surface area (Å²) in [6.45, 7) is 0.431. The monoisotopic (exact) mass is 300 g/mol. The molecule has 0 bridgehead atoms. The van der Waals surface area contributed by atoms with Gasteiger partial charge < -0.3 is 5.73 Å². The molecule has 1 atom stereocenters. The molecule has 0 saturated carbocycles. The molecule has 1 heterocycles. The molecule has 1 saturated heterocycles. The highest BCUT2D eigenvalue weighted by Gasteiger charge is 2.20. The Bertz CT molecular complexity index is 511. The van der Waals surface area contributed by atoms with Crippen LogP contribution >= 0.6 is 11.8 Å². The molecule has 1 aliphatic rings. The van der Waals surface area contributed by atoms with E-state index in [1.54, 1.807) is 0 Å². The van der Waals surface area contributed by atoms with Crippen molar-refractivity contribution in [1.29, 1.82) is 0 Å². The van der Waals surface area contributed by atoms with Gasteiger partial charge in [0.25, 0.3) is 0 Å². The number of thioether (sulfide) groups is 1. The first-order valence-electron chi connectivity index (χ1n) is 6.45. The minimum absolute atomic E-state index is 0.0298. The number of benzene rings is 1. The van der Waals surface area contributed by atoms with Crippen molar-refractivity contribution in [3.8, 4) is 0 Å². The van der Waals surface area contributed by atoms with Crippen LogP contribution in [0.2, 0.25) is 0 Å². The third-order valence-electron chi connectivity index (χ3n) is 3.09. The zero-order chi connectivity index (χ0) is 13.7. The van der Waals surface area contributed by atoms with Gasteiger partial charge in [0.05, 0.1) is 5.75 Å². The Hall–Kier alpha value is -0.560. The lowest BCUT2D eigenvalue weighted by molar-refractivity contribution is 0.542. The molecule has 4 nitrogen and oxygen atoms in total. The van der Waals surface area contributed by atoms with E-state index in [1.165, 1.54) is 0 Å². The van der Waals surface area contributed by atoms with Crippen LogP contribution in [0.5, 0.6) is 0 Å². The lowest BCUT2D eigenvalue weighted by Gasteiger charge is -2.22. The van der Waals surface area contributed by atoms with Crippen molar-refractivity contribution in [3.05, 3.63) is 35.4 Å². The Morgan fingerprint density at radius 1 is 1.37 bits per heavy atom. The fourth-order valence-corrected chi connectivity index (χ4v) is 4.78. The van der Waals surface area contributed by atoms with Crippen LogP contribution in [0.3, 0.4) is 0 Å². The first-order valence-corrected chi connectivity index (χ1v) is 9.25. The highest BCUT2D eigenvalue weighted by molar-refractivity contribution is 7.99. The van der Waals surface area contributed by atoms with Gasteiger partial charge in [0.2, 0.25) is 10.0 Å². The zero-order valence-corrected chi connectivity index (χ0v) is 12.5. The largest absolute Gasteiger partial charge is 0.326 e. The molecule has 1 aromatic carbocycles. The summed E-state index contributed by atoms with van der Waals surface area (Å²) in [4.78, 5) is 0. The van der Waals surface area contributed by atoms with Gasteiger partial charge in [-0.1, -0.05) is 24.3 Å². The normalized spacial score (nSPS) is 20.4. The lowest BCUT2D eigenvalue weighted by atomic mass is 10.1. The maximum absolute atomic E-state index is 12.1. The topological polar surface area (TPSA) is 72.2 Å². The number of nitrogens with two attached hydrogens (primary N) is 1. The molecule has 1 unspecified atom stereocenters. The van der Waals surface area contributed by atoms with Gasteiger partial charge in [-0.15, -0.1) is 0 Å². The minimum Gasteiger partial charge on any atom is -0.326 e. The molecule has 2 rings (SSSR count). The molecule has 19 heavy (non-hydrogen) atoms. The molecule has 0 spiro atoms. The van der Waals surface area contributed by atoms with Crippen molar-refractivity contribution >= 4 is 21.8 Å². The molecule has 6 heteroatoms. The number of rotatable bonds is 5. The molecular formula is C13H20N2O2S2. The summed E-state index contributed by atoms with van der Waals surface area (Å²) >= 11 is 1.81. The standard InChI is InChI=1S/C13H20N2O2S2/c14-8-11-3-1-4-12(7-11)10-19(16,17)15-13-5-2-6-18-9-13/h1,3-4,7,13,15H,2,5-6,8-10,14H2. The predicted molar refractivity (Wildman–Crippen MR) is 80.4 cm³/mol. The summed E-state index contributed by atoms with van der Waals surface area (Å²) in [5.41, 5.74) is 7.31. The predicted octanol–water partition coefficient (Wildman–Crippen LogP) is 1.46. The number of hydrogen-bond acceptors (Lipinski definition) is 4. The van der Waals surface area contributed by atoms with Crippen LogP contribution in [0.1, 0.15) is 24.0 Å². The fourth-order valence-electron chi connectivity index (χ4n) is 2.20. The van der Waals surface area contributed by atoms with Crippen LogP contribution in [0, 0.1) is 0 Å². The molecule has 0 amide bonds. The SMILES string of the molecule is NCc1cccc(CS(=O)(=O)NC2CCCSC2)c1. The second-order valence-electron chi connectivity index (χ2n) is 4.82. The molecule has 0 aliphatic carbocycles. The Balaban J connectivity index is 1.99. The highest BCUT2D eigenvalue weighted by Crippen LogP contribution is 2.18. The molecule has 106 valence electrons. The molecule has 1 aromatic rings. The number of sulfonamides is 1. The van der Waals surface area contributed by atoms with E-state index in [9.17, 15) is 8.42 Å². The summed E-state index contributed by atoms with van der Waals surface area (Å²) < 4.78 is 27.0. The van der Waals surface area contributed by atoms with Crippen LogP contribution in [0.25, 0.3) is 0 Å². The van der Waals surface area contributed by atoms with Crippen molar-refractivity contribution in [3.63, 3.8) is 0 Å². The first-order chi connectivity index (χ1) is 9.09. The summed E-state index contributed by atoms with van der Waals surface area (Å²) in [6, 6.07) is 7.52. The van der Waals surface area contributed by atoms with Gasteiger partial charge in [0.1, 0.15) is 0 Å². The van der Waals surface area contributed by atoms with Crippen LogP contribution in [-0.4, -0.2) is 26.0 Å². The quantitative estimate of drug-likeness (QED) is 0.863. The van der Waals surface area contributed by atoms with E-state index in [-0.39, 0.29) is 11.8 Å². The molecule has 0 aromatic heterocycles. The zero-order valence-electron chi connectivity index (χ0n) is 10.8. The third-order valence-corrected chi connectivity index (χ3v) is 5.71. The van der Waals surface area contributed by atoms with E-state index in [0.29, 0.717) is 6.54 Å². The van der Waals surface area contributed by atoms with E-state index < -0.39 is 10.0 Å². The van der Waals surface area contributed by atoms with Gasteiger partial charge in [0.15, 0.2) is 0 Å². The van der Waals surface area contributed by atoms with Crippen molar-refractivity contribution < 1.29 is 8.42 Å². The van der Waals surface area contributed by atoms with E-state index in [1.807, 2.05) is 36.0 Å². The summed E-state index contributed by atoms with van der Waals surface area (Å²) in [6.07, 6.45) is 2.02. The van der Waals surface area contributed by atoms with Gasteiger partial charge in [-0.25, -0.2) is 13.1 Å². The van der Waals surface area contributed by atoms with Gasteiger partial charge >= 0.3 is 0 Å². The highest BCUT2D eigenvalue weighted by atomic mass is 32.2. The van der Waals surface area contributed by atoms with Gasteiger partial charge in [-0.2, -0.15) is 11.8 Å². The van der Waals surface area contributed by atoms with Crippen molar-refractivity contribution in [2.45, 2.75) is 31.2 Å². The molecule has 1 aliphatic heterocycles. The minimum atomic E-state index is -3.26. The number of nitrogens with one attached hydrogen (secondary N) is 1. The average molecular weight is 300 g/mol. The van der Waals surface area contributed by atoms with Gasteiger partial charge in [-0.3, -0.25) is 0 Å². The van der Waals surface area contributed by atoms with Crippen molar-refractivity contribution in [2.75, 3.05) is 11.5 Å². The van der Waals surface area contributed by atoms with Crippen molar-refractivity contribution in [2.24, 2.45) is 5.73 Å². The van der Waals surface area contributed by atoms with Gasteiger partial charge in [0, 0.05) is 18.3 Å². The summed E-state index contributed by atoms with van der Waals surface area (Å²) in [5.74, 6) is 2.04. The summed E-state index contributed by atoms with van der Waals surface area (Å²) in [5, 5.41) is 0. The van der Waals surface area contributed by atoms with E-state index >= 15 is 0 Å². The number of hydrogen-bond donors (Lipinski definition) is 2. The van der Waals surface area contributed by atoms with Gasteiger partial charge in [-0.05, 0) is 29.7 Å². The fraction of sp³-hybridized carbons (Fsp3) is 0.538. The summed E-state index contributed by atoms with van der Waals surface area (Å²) in [7, 11) is -3.26. The van der Waals surface area contributed by atoms with Crippen molar-refractivity contribution in [1.82, 2.24) is 4.72 Å². The Kier molecular flexibility index (Phi) is 5.27. The van der Waals surface area contributed by atoms with Crippen LogP contribution in [-0.2, 0) is 22.3 Å². The smallest absolute Gasteiger partial charge is 0.216 e. The Morgan fingerprint density at radius 2 is 2.16 bits per heavy atom.